The maximum atomic E-state index is 14.2. The van der Waals surface area contributed by atoms with Crippen molar-refractivity contribution in [3.8, 4) is 0 Å². The molecule has 1 aromatic rings. The molecule has 23 heavy (non-hydrogen) atoms. The monoisotopic (exact) mass is 367 g/mol. The predicted octanol–water partition coefficient (Wildman–Crippen LogP) is 0.723. The van der Waals surface area contributed by atoms with E-state index in [-0.39, 0.29) is 37.1 Å². The molecule has 0 aromatic heterocycles. The lowest BCUT2D eigenvalue weighted by molar-refractivity contribution is 0.217. The fourth-order valence-electron chi connectivity index (χ4n) is 2.28. The van der Waals surface area contributed by atoms with Crippen LogP contribution in [-0.2, 0) is 21.3 Å². The lowest BCUT2D eigenvalue weighted by Crippen LogP contribution is -2.43. The van der Waals surface area contributed by atoms with Crippen LogP contribution in [0.25, 0.3) is 0 Å². The molecular weight excluding hydrogens is 345 g/mol. The Morgan fingerprint density at radius 2 is 2.04 bits per heavy atom. The lowest BCUT2D eigenvalue weighted by Gasteiger charge is -2.29. The number of anilines is 1. The summed E-state index contributed by atoms with van der Waals surface area (Å²) >= 11 is 0. The van der Waals surface area contributed by atoms with Crippen molar-refractivity contribution in [1.82, 2.24) is 10.0 Å². The average Bonchev–Trinajstić information content (AvgIpc) is 2.52. The number of ether oxygens (including phenoxy) is 1. The summed E-state index contributed by atoms with van der Waals surface area (Å²) in [6.45, 7) is 3.40. The van der Waals surface area contributed by atoms with Crippen molar-refractivity contribution in [3.05, 3.63) is 29.6 Å². The molecule has 0 spiro atoms. The second-order valence-corrected chi connectivity index (χ2v) is 7.08. The summed E-state index contributed by atoms with van der Waals surface area (Å²) in [5.74, 6) is -0.430. The SMILES string of the molecule is COCCS(=O)(=O)NCc1ccc(N2CCNCC2)c(F)c1.Cl. The Morgan fingerprint density at radius 3 is 2.65 bits per heavy atom. The van der Waals surface area contributed by atoms with Crippen LogP contribution in [-0.4, -0.2) is 54.1 Å². The summed E-state index contributed by atoms with van der Waals surface area (Å²) in [5.41, 5.74) is 1.16. The maximum absolute atomic E-state index is 14.2. The van der Waals surface area contributed by atoms with Crippen molar-refractivity contribution >= 4 is 28.1 Å². The fourth-order valence-corrected chi connectivity index (χ4v) is 3.20. The van der Waals surface area contributed by atoms with Crippen molar-refractivity contribution < 1.29 is 17.5 Å². The molecule has 1 fully saturated rings. The molecule has 9 heteroatoms. The Labute approximate surface area is 142 Å². The molecule has 0 aliphatic carbocycles. The van der Waals surface area contributed by atoms with Crippen LogP contribution >= 0.6 is 12.4 Å². The first-order valence-corrected chi connectivity index (χ1v) is 8.87. The predicted molar refractivity (Wildman–Crippen MR) is 91.2 cm³/mol. The van der Waals surface area contributed by atoms with E-state index in [1.54, 1.807) is 12.1 Å². The van der Waals surface area contributed by atoms with E-state index in [0.29, 0.717) is 11.3 Å². The number of rotatable bonds is 7. The molecular formula is C14H23ClFN3O3S. The van der Waals surface area contributed by atoms with Crippen LogP contribution in [0.1, 0.15) is 5.56 Å². The summed E-state index contributed by atoms with van der Waals surface area (Å²) in [5, 5.41) is 3.22. The molecule has 1 aliphatic rings. The quantitative estimate of drug-likeness (QED) is 0.743. The Balaban J connectivity index is 0.00000264. The molecule has 1 aromatic carbocycles. The number of benzene rings is 1. The zero-order valence-electron chi connectivity index (χ0n) is 13.0. The van der Waals surface area contributed by atoms with E-state index in [1.807, 2.05) is 4.90 Å². The Hall–Kier alpha value is -0.930. The van der Waals surface area contributed by atoms with Gasteiger partial charge in [-0.2, -0.15) is 0 Å². The van der Waals surface area contributed by atoms with Gasteiger partial charge in [0, 0.05) is 39.8 Å². The van der Waals surface area contributed by atoms with E-state index in [9.17, 15) is 12.8 Å². The highest BCUT2D eigenvalue weighted by Gasteiger charge is 2.15. The molecule has 0 unspecified atom stereocenters. The molecule has 132 valence electrons. The number of methoxy groups -OCH3 is 1. The molecule has 0 saturated carbocycles. The molecule has 2 N–H and O–H groups in total. The first kappa shape index (κ1) is 20.1. The zero-order valence-corrected chi connectivity index (χ0v) is 14.7. The minimum atomic E-state index is -3.40. The van der Waals surface area contributed by atoms with Crippen molar-refractivity contribution in [2.24, 2.45) is 0 Å². The van der Waals surface area contributed by atoms with Crippen LogP contribution in [0.3, 0.4) is 0 Å². The standard InChI is InChI=1S/C14H22FN3O3S.ClH/c1-21-8-9-22(19,20)17-11-12-2-3-14(13(15)10-12)18-6-4-16-5-7-18;/h2-3,10,16-17H,4-9,11H2,1H3;1H. The molecule has 1 aliphatic heterocycles. The van der Waals surface area contributed by atoms with E-state index < -0.39 is 10.0 Å². The summed E-state index contributed by atoms with van der Waals surface area (Å²) in [7, 11) is -1.96. The van der Waals surface area contributed by atoms with Crippen molar-refractivity contribution in [2.75, 3.05) is 50.5 Å². The summed E-state index contributed by atoms with van der Waals surface area (Å²) < 4.78 is 44.7. The third-order valence-electron chi connectivity index (χ3n) is 3.52. The zero-order chi connectivity index (χ0) is 16.0. The number of sulfonamides is 1. The van der Waals surface area contributed by atoms with Crippen LogP contribution in [0.2, 0.25) is 0 Å². The van der Waals surface area contributed by atoms with Gasteiger partial charge >= 0.3 is 0 Å². The summed E-state index contributed by atoms with van der Waals surface area (Å²) in [6, 6.07) is 4.84. The van der Waals surface area contributed by atoms with Gasteiger partial charge in [0.1, 0.15) is 5.82 Å². The number of hydrogen-bond acceptors (Lipinski definition) is 5. The smallest absolute Gasteiger partial charge is 0.214 e. The number of nitrogens with zero attached hydrogens (tertiary/aromatic N) is 1. The molecule has 0 radical (unpaired) electrons. The summed E-state index contributed by atoms with van der Waals surface area (Å²) in [6.07, 6.45) is 0. The highest BCUT2D eigenvalue weighted by atomic mass is 35.5. The Bertz CT molecular complexity index is 595. The lowest BCUT2D eigenvalue weighted by atomic mass is 10.1. The van der Waals surface area contributed by atoms with Gasteiger partial charge in [-0.05, 0) is 17.7 Å². The Morgan fingerprint density at radius 1 is 1.35 bits per heavy atom. The molecule has 0 bridgehead atoms. The van der Waals surface area contributed by atoms with Gasteiger partial charge in [0.25, 0.3) is 0 Å². The highest BCUT2D eigenvalue weighted by Crippen LogP contribution is 2.21. The first-order chi connectivity index (χ1) is 10.5. The van der Waals surface area contributed by atoms with E-state index in [2.05, 4.69) is 10.0 Å². The third kappa shape index (κ3) is 6.23. The third-order valence-corrected chi connectivity index (χ3v) is 4.81. The second kappa shape index (κ2) is 9.39. The molecule has 6 nitrogen and oxygen atoms in total. The van der Waals surface area contributed by atoms with Crippen LogP contribution in [0.5, 0.6) is 0 Å². The normalized spacial score (nSPS) is 15.3. The Kier molecular flexibility index (Phi) is 8.21. The van der Waals surface area contributed by atoms with Crippen LogP contribution in [0, 0.1) is 5.82 Å². The molecule has 2 rings (SSSR count). The van der Waals surface area contributed by atoms with Gasteiger partial charge in [0.2, 0.25) is 10.0 Å². The van der Waals surface area contributed by atoms with Crippen LogP contribution in [0.15, 0.2) is 18.2 Å². The largest absolute Gasteiger partial charge is 0.384 e. The minimum absolute atomic E-state index is 0. The molecule has 1 saturated heterocycles. The van der Waals surface area contributed by atoms with Gasteiger partial charge < -0.3 is 15.0 Å². The second-order valence-electron chi connectivity index (χ2n) is 5.16. The van der Waals surface area contributed by atoms with Gasteiger partial charge in [0.05, 0.1) is 18.0 Å². The van der Waals surface area contributed by atoms with Crippen molar-refractivity contribution in [3.63, 3.8) is 0 Å². The van der Waals surface area contributed by atoms with Gasteiger partial charge in [-0.25, -0.2) is 17.5 Å². The fraction of sp³-hybridized carbons (Fsp3) is 0.571. The number of piperazine rings is 1. The minimum Gasteiger partial charge on any atom is -0.384 e. The first-order valence-electron chi connectivity index (χ1n) is 7.22. The maximum Gasteiger partial charge on any atom is 0.214 e. The topological polar surface area (TPSA) is 70.7 Å². The number of nitrogens with one attached hydrogen (secondary N) is 2. The molecule has 0 amide bonds. The van der Waals surface area contributed by atoms with E-state index in [0.717, 1.165) is 26.2 Å². The average molecular weight is 368 g/mol. The van der Waals surface area contributed by atoms with Gasteiger partial charge in [-0.15, -0.1) is 12.4 Å². The van der Waals surface area contributed by atoms with Gasteiger partial charge in [0.15, 0.2) is 0 Å². The van der Waals surface area contributed by atoms with Crippen LogP contribution < -0.4 is 14.9 Å². The van der Waals surface area contributed by atoms with Crippen molar-refractivity contribution in [2.45, 2.75) is 6.54 Å². The van der Waals surface area contributed by atoms with E-state index in [4.69, 9.17) is 4.74 Å². The molecule has 1 heterocycles. The van der Waals surface area contributed by atoms with Gasteiger partial charge in [-0.1, -0.05) is 6.07 Å². The van der Waals surface area contributed by atoms with Crippen molar-refractivity contribution in [1.29, 1.82) is 0 Å². The number of halogens is 2. The van der Waals surface area contributed by atoms with Gasteiger partial charge in [-0.3, -0.25) is 0 Å². The summed E-state index contributed by atoms with van der Waals surface area (Å²) in [4.78, 5) is 1.98. The van der Waals surface area contributed by atoms with Crippen LogP contribution in [0.4, 0.5) is 10.1 Å². The van der Waals surface area contributed by atoms with E-state index in [1.165, 1.54) is 13.2 Å². The highest BCUT2D eigenvalue weighted by molar-refractivity contribution is 7.89. The van der Waals surface area contributed by atoms with E-state index >= 15 is 0 Å². The number of hydrogen-bond donors (Lipinski definition) is 2. The molecule has 0 atom stereocenters.